The highest BCUT2D eigenvalue weighted by Crippen LogP contribution is 2.23. The van der Waals surface area contributed by atoms with Gasteiger partial charge in [0.05, 0.1) is 5.54 Å². The van der Waals surface area contributed by atoms with E-state index in [0.29, 0.717) is 0 Å². The van der Waals surface area contributed by atoms with E-state index in [-0.39, 0.29) is 11.6 Å². The minimum Gasteiger partial charge on any atom is -0.444 e. The third-order valence-electron chi connectivity index (χ3n) is 4.74. The molecule has 1 aliphatic carbocycles. The predicted octanol–water partition coefficient (Wildman–Crippen LogP) is 4.24. The summed E-state index contributed by atoms with van der Waals surface area (Å²) in [5.74, 6) is 0.807. The monoisotopic (exact) mass is 312 g/mol. The Labute approximate surface area is 136 Å². The van der Waals surface area contributed by atoms with E-state index in [0.717, 1.165) is 31.8 Å². The van der Waals surface area contributed by atoms with Crippen LogP contribution in [0.4, 0.5) is 4.79 Å². The van der Waals surface area contributed by atoms with Gasteiger partial charge in [-0.3, -0.25) is 0 Å². The van der Waals surface area contributed by atoms with Crippen LogP contribution in [0, 0.1) is 5.92 Å². The maximum atomic E-state index is 12.1. The van der Waals surface area contributed by atoms with E-state index in [2.05, 4.69) is 24.5 Å². The molecule has 0 heterocycles. The number of hydrogen-bond acceptors (Lipinski definition) is 3. The highest BCUT2D eigenvalue weighted by atomic mass is 16.6. The maximum Gasteiger partial charge on any atom is 0.408 e. The Morgan fingerprint density at radius 1 is 1.09 bits per heavy atom. The number of carbonyl (C=O) groups is 1. The molecule has 0 aliphatic heterocycles. The molecular formula is C18H36N2O2. The molecule has 2 N–H and O–H groups in total. The molecule has 0 radical (unpaired) electrons. The smallest absolute Gasteiger partial charge is 0.408 e. The molecule has 0 bridgehead atoms. The highest BCUT2D eigenvalue weighted by molar-refractivity contribution is 5.68. The van der Waals surface area contributed by atoms with E-state index in [1.165, 1.54) is 32.1 Å². The van der Waals surface area contributed by atoms with Crippen molar-refractivity contribution in [2.24, 2.45) is 5.92 Å². The summed E-state index contributed by atoms with van der Waals surface area (Å²) in [7, 11) is 0. The molecular weight excluding hydrogens is 276 g/mol. The minimum absolute atomic E-state index is 0.211. The van der Waals surface area contributed by atoms with Crippen LogP contribution in [0.2, 0.25) is 0 Å². The van der Waals surface area contributed by atoms with Crippen molar-refractivity contribution < 1.29 is 9.53 Å². The molecule has 0 spiro atoms. The molecule has 0 saturated heterocycles. The Morgan fingerprint density at radius 3 is 2.18 bits per heavy atom. The van der Waals surface area contributed by atoms with E-state index in [4.69, 9.17) is 4.74 Å². The van der Waals surface area contributed by atoms with Crippen LogP contribution in [-0.2, 0) is 4.74 Å². The van der Waals surface area contributed by atoms with Crippen molar-refractivity contribution in [3.63, 3.8) is 0 Å². The lowest BCUT2D eigenvalue weighted by Crippen LogP contribution is -2.55. The standard InChI is InChI=1S/C18H36N2O2/c1-6-18(7-2,20-16(21)22-17(3,4)5)14-19-13-15-11-9-8-10-12-15/h15,19H,6-14H2,1-5H3,(H,20,21). The second-order valence-corrected chi connectivity index (χ2v) is 7.75. The summed E-state index contributed by atoms with van der Waals surface area (Å²) in [6, 6.07) is 0. The van der Waals surface area contributed by atoms with Crippen molar-refractivity contribution in [3.05, 3.63) is 0 Å². The summed E-state index contributed by atoms with van der Waals surface area (Å²) in [5.41, 5.74) is -0.663. The second kappa shape index (κ2) is 8.76. The van der Waals surface area contributed by atoms with Gasteiger partial charge < -0.3 is 15.4 Å². The first-order valence-electron chi connectivity index (χ1n) is 9.02. The summed E-state index contributed by atoms with van der Waals surface area (Å²) >= 11 is 0. The van der Waals surface area contributed by atoms with Gasteiger partial charge in [-0.05, 0) is 58.9 Å². The third kappa shape index (κ3) is 6.99. The van der Waals surface area contributed by atoms with E-state index >= 15 is 0 Å². The van der Waals surface area contributed by atoms with Crippen LogP contribution in [0.5, 0.6) is 0 Å². The first-order chi connectivity index (χ1) is 10.3. The van der Waals surface area contributed by atoms with Crippen LogP contribution in [0.15, 0.2) is 0 Å². The quantitative estimate of drug-likeness (QED) is 0.739. The molecule has 0 aromatic heterocycles. The molecule has 1 saturated carbocycles. The van der Waals surface area contributed by atoms with Gasteiger partial charge in [0.1, 0.15) is 5.60 Å². The summed E-state index contributed by atoms with van der Waals surface area (Å²) in [4.78, 5) is 12.1. The maximum absolute atomic E-state index is 12.1. The molecule has 1 fully saturated rings. The summed E-state index contributed by atoms with van der Waals surface area (Å²) < 4.78 is 5.42. The predicted molar refractivity (Wildman–Crippen MR) is 92.1 cm³/mol. The fraction of sp³-hybridized carbons (Fsp3) is 0.944. The van der Waals surface area contributed by atoms with Crippen molar-refractivity contribution in [1.82, 2.24) is 10.6 Å². The average molecular weight is 312 g/mol. The fourth-order valence-corrected chi connectivity index (χ4v) is 3.15. The van der Waals surface area contributed by atoms with Crippen LogP contribution in [-0.4, -0.2) is 30.3 Å². The molecule has 1 aliphatic rings. The highest BCUT2D eigenvalue weighted by Gasteiger charge is 2.30. The molecule has 4 nitrogen and oxygen atoms in total. The van der Waals surface area contributed by atoms with Crippen molar-refractivity contribution in [2.45, 2.75) is 90.7 Å². The minimum atomic E-state index is -0.452. The largest absolute Gasteiger partial charge is 0.444 e. The molecule has 0 unspecified atom stereocenters. The van der Waals surface area contributed by atoms with Crippen molar-refractivity contribution in [1.29, 1.82) is 0 Å². The number of nitrogens with one attached hydrogen (secondary N) is 2. The summed E-state index contributed by atoms with van der Waals surface area (Å²) in [5, 5.41) is 6.70. The Morgan fingerprint density at radius 2 is 1.68 bits per heavy atom. The van der Waals surface area contributed by atoms with Crippen LogP contribution in [0.25, 0.3) is 0 Å². The van der Waals surface area contributed by atoms with Gasteiger partial charge in [0.2, 0.25) is 0 Å². The van der Waals surface area contributed by atoms with Gasteiger partial charge in [0, 0.05) is 6.54 Å². The van der Waals surface area contributed by atoms with E-state index < -0.39 is 5.60 Å². The molecule has 0 atom stereocenters. The fourth-order valence-electron chi connectivity index (χ4n) is 3.15. The number of carbonyl (C=O) groups excluding carboxylic acids is 1. The third-order valence-corrected chi connectivity index (χ3v) is 4.74. The van der Waals surface area contributed by atoms with E-state index in [1.54, 1.807) is 0 Å². The van der Waals surface area contributed by atoms with Crippen LogP contribution >= 0.6 is 0 Å². The molecule has 22 heavy (non-hydrogen) atoms. The van der Waals surface area contributed by atoms with Gasteiger partial charge in [-0.1, -0.05) is 33.1 Å². The number of rotatable bonds is 7. The van der Waals surface area contributed by atoms with Gasteiger partial charge in [-0.25, -0.2) is 4.79 Å². The molecule has 0 aromatic carbocycles. The Balaban J connectivity index is 2.45. The summed E-state index contributed by atoms with van der Waals surface area (Å²) in [6.07, 6.45) is 8.32. The second-order valence-electron chi connectivity index (χ2n) is 7.75. The van der Waals surface area contributed by atoms with Crippen LogP contribution in [0.3, 0.4) is 0 Å². The zero-order valence-corrected chi connectivity index (χ0v) is 15.3. The van der Waals surface area contributed by atoms with Crippen LogP contribution < -0.4 is 10.6 Å². The Hall–Kier alpha value is -0.770. The Bertz CT molecular complexity index is 326. The van der Waals surface area contributed by atoms with Gasteiger partial charge in [-0.2, -0.15) is 0 Å². The number of ether oxygens (including phenoxy) is 1. The zero-order valence-electron chi connectivity index (χ0n) is 15.3. The van der Waals surface area contributed by atoms with Crippen molar-refractivity contribution in [3.8, 4) is 0 Å². The normalized spacial score (nSPS) is 17.3. The lowest BCUT2D eigenvalue weighted by molar-refractivity contribution is 0.0445. The number of amides is 1. The molecule has 1 rings (SSSR count). The van der Waals surface area contributed by atoms with E-state index in [9.17, 15) is 4.79 Å². The Kier molecular flexibility index (Phi) is 7.67. The first kappa shape index (κ1) is 19.3. The first-order valence-corrected chi connectivity index (χ1v) is 9.02. The summed E-state index contributed by atoms with van der Waals surface area (Å²) in [6.45, 7) is 11.8. The van der Waals surface area contributed by atoms with Gasteiger partial charge in [-0.15, -0.1) is 0 Å². The topological polar surface area (TPSA) is 50.4 Å². The van der Waals surface area contributed by atoms with Crippen molar-refractivity contribution >= 4 is 6.09 Å². The molecule has 4 heteroatoms. The number of alkyl carbamates (subject to hydrolysis) is 1. The number of hydrogen-bond donors (Lipinski definition) is 2. The van der Waals surface area contributed by atoms with Gasteiger partial charge >= 0.3 is 6.09 Å². The van der Waals surface area contributed by atoms with Gasteiger partial charge in [0.15, 0.2) is 0 Å². The zero-order chi connectivity index (χ0) is 16.6. The molecule has 130 valence electrons. The van der Waals surface area contributed by atoms with E-state index in [1.807, 2.05) is 20.8 Å². The van der Waals surface area contributed by atoms with Crippen molar-refractivity contribution in [2.75, 3.05) is 13.1 Å². The SMILES string of the molecule is CCC(CC)(CNCC1CCCCC1)NC(=O)OC(C)(C)C. The molecule has 1 amide bonds. The van der Waals surface area contributed by atoms with Gasteiger partial charge in [0.25, 0.3) is 0 Å². The van der Waals surface area contributed by atoms with Crippen LogP contribution in [0.1, 0.15) is 79.6 Å². The average Bonchev–Trinajstić information content (AvgIpc) is 2.45. The lowest BCUT2D eigenvalue weighted by atomic mass is 9.88. The lowest BCUT2D eigenvalue weighted by Gasteiger charge is -2.35. The molecule has 0 aromatic rings.